The van der Waals surface area contributed by atoms with Crippen molar-refractivity contribution in [2.24, 2.45) is 0 Å². The van der Waals surface area contributed by atoms with Gasteiger partial charge in [-0.05, 0) is 36.8 Å². The molecule has 1 saturated heterocycles. The average Bonchev–Trinajstić information content (AvgIpc) is 3.17. The second-order valence-electron chi connectivity index (χ2n) is 7.59. The fourth-order valence-corrected chi connectivity index (χ4v) is 4.79. The molecular weight excluding hydrogens is 418 g/mol. The van der Waals surface area contributed by atoms with E-state index in [1.807, 2.05) is 25.1 Å². The largest absolute Gasteiger partial charge is 0.395 e. The minimum Gasteiger partial charge on any atom is -0.395 e. The summed E-state index contributed by atoms with van der Waals surface area (Å²) in [5.41, 5.74) is 1.51. The molecule has 2 N–H and O–H groups in total. The lowest BCUT2D eigenvalue weighted by Gasteiger charge is -2.34. The summed E-state index contributed by atoms with van der Waals surface area (Å²) in [6, 6.07) is 10.6. The summed E-state index contributed by atoms with van der Waals surface area (Å²) in [6.45, 7) is 6.31. The Hall–Kier alpha value is -2.60. The maximum Gasteiger partial charge on any atom is 0.240 e. The number of fused-ring (bicyclic) bond motifs is 1. The first kappa shape index (κ1) is 21.6. The topological polar surface area (TPSA) is 116 Å². The van der Waals surface area contributed by atoms with E-state index >= 15 is 0 Å². The van der Waals surface area contributed by atoms with Crippen molar-refractivity contribution in [1.29, 1.82) is 0 Å². The van der Waals surface area contributed by atoms with Crippen LogP contribution < -0.4 is 9.62 Å². The molecule has 0 amide bonds. The molecule has 1 aromatic carbocycles. The fourth-order valence-electron chi connectivity index (χ4n) is 3.65. The molecule has 1 aliphatic heterocycles. The third-order valence-corrected chi connectivity index (χ3v) is 6.83. The highest BCUT2D eigenvalue weighted by Crippen LogP contribution is 2.15. The van der Waals surface area contributed by atoms with Crippen molar-refractivity contribution in [2.75, 3.05) is 50.8 Å². The van der Waals surface area contributed by atoms with Gasteiger partial charge in [0.15, 0.2) is 11.5 Å². The Kier molecular flexibility index (Phi) is 6.46. The average molecular weight is 446 g/mol. The number of aliphatic hydroxyl groups excluding tert-OH is 1. The SMILES string of the molecule is Cc1cccc(S(=O)(=O)NCCc2nnc3ccc(N4CCN(CCO)CC4)nn23)c1. The number of piperazine rings is 1. The van der Waals surface area contributed by atoms with Gasteiger partial charge in [-0.2, -0.15) is 4.52 Å². The smallest absolute Gasteiger partial charge is 0.240 e. The summed E-state index contributed by atoms with van der Waals surface area (Å²) in [7, 11) is -3.58. The molecule has 0 unspecified atom stereocenters. The molecule has 0 aliphatic carbocycles. The van der Waals surface area contributed by atoms with Crippen LogP contribution in [0.5, 0.6) is 0 Å². The number of nitrogens with zero attached hydrogens (tertiary/aromatic N) is 6. The second kappa shape index (κ2) is 9.27. The predicted molar refractivity (Wildman–Crippen MR) is 117 cm³/mol. The van der Waals surface area contributed by atoms with Crippen LogP contribution in [0.15, 0.2) is 41.3 Å². The zero-order valence-corrected chi connectivity index (χ0v) is 18.3. The Bertz CT molecular complexity index is 1140. The summed E-state index contributed by atoms with van der Waals surface area (Å²) in [5.74, 6) is 1.43. The standard InChI is InChI=1S/C20H27N7O3S/c1-16-3-2-4-17(15-16)31(29,30)21-8-7-19-23-22-18-5-6-20(24-27(18)19)26-11-9-25(10-12-26)13-14-28/h2-6,15,21,28H,7-14H2,1H3. The summed E-state index contributed by atoms with van der Waals surface area (Å²) in [5, 5.41) is 22.1. The Balaban J connectivity index is 1.42. The predicted octanol–water partition coefficient (Wildman–Crippen LogP) is 0.0680. The molecule has 0 spiro atoms. The summed E-state index contributed by atoms with van der Waals surface area (Å²) < 4.78 is 29.3. The molecule has 0 radical (unpaired) electrons. The van der Waals surface area contributed by atoms with E-state index in [0.29, 0.717) is 24.4 Å². The van der Waals surface area contributed by atoms with Gasteiger partial charge >= 0.3 is 0 Å². The number of sulfonamides is 1. The van der Waals surface area contributed by atoms with Crippen molar-refractivity contribution in [3.05, 3.63) is 47.8 Å². The van der Waals surface area contributed by atoms with Gasteiger partial charge < -0.3 is 10.0 Å². The molecule has 1 fully saturated rings. The number of β-amino-alcohol motifs (C(OH)–C–C–N with tert-alkyl or cyclic N) is 1. The van der Waals surface area contributed by atoms with Crippen LogP contribution in [0.2, 0.25) is 0 Å². The van der Waals surface area contributed by atoms with E-state index in [0.717, 1.165) is 37.6 Å². The number of anilines is 1. The molecule has 4 rings (SSSR count). The van der Waals surface area contributed by atoms with Gasteiger partial charge in [-0.3, -0.25) is 4.90 Å². The van der Waals surface area contributed by atoms with Gasteiger partial charge in [0.2, 0.25) is 10.0 Å². The first-order valence-electron chi connectivity index (χ1n) is 10.3. The van der Waals surface area contributed by atoms with Gasteiger partial charge in [-0.15, -0.1) is 15.3 Å². The minimum absolute atomic E-state index is 0.169. The zero-order valence-electron chi connectivity index (χ0n) is 17.5. The minimum atomic E-state index is -3.58. The van der Waals surface area contributed by atoms with E-state index < -0.39 is 10.0 Å². The van der Waals surface area contributed by atoms with Gasteiger partial charge in [0.1, 0.15) is 5.82 Å². The highest BCUT2D eigenvalue weighted by Gasteiger charge is 2.19. The molecule has 0 saturated carbocycles. The van der Waals surface area contributed by atoms with Gasteiger partial charge in [-0.25, -0.2) is 13.1 Å². The molecule has 1 aliphatic rings. The molecule has 0 bridgehead atoms. The highest BCUT2D eigenvalue weighted by molar-refractivity contribution is 7.89. The number of aromatic nitrogens is 4. The lowest BCUT2D eigenvalue weighted by molar-refractivity contribution is 0.188. The molecule has 11 heteroatoms. The maximum absolute atomic E-state index is 12.5. The number of nitrogens with one attached hydrogen (secondary N) is 1. The number of hydrogen-bond donors (Lipinski definition) is 2. The summed E-state index contributed by atoms with van der Waals surface area (Å²) in [6.07, 6.45) is 0.368. The quantitative estimate of drug-likeness (QED) is 0.500. The monoisotopic (exact) mass is 445 g/mol. The Labute approximate surface area is 181 Å². The normalized spacial score (nSPS) is 15.6. The maximum atomic E-state index is 12.5. The molecular formula is C20H27N7O3S. The van der Waals surface area contributed by atoms with Crippen molar-refractivity contribution in [3.63, 3.8) is 0 Å². The van der Waals surface area contributed by atoms with E-state index in [4.69, 9.17) is 5.11 Å². The van der Waals surface area contributed by atoms with Crippen molar-refractivity contribution in [2.45, 2.75) is 18.2 Å². The summed E-state index contributed by atoms with van der Waals surface area (Å²) >= 11 is 0. The number of aliphatic hydroxyl groups is 1. The first-order valence-corrected chi connectivity index (χ1v) is 11.8. The Morgan fingerprint density at radius 2 is 1.90 bits per heavy atom. The van der Waals surface area contributed by atoms with E-state index in [2.05, 4.69) is 29.8 Å². The van der Waals surface area contributed by atoms with Crippen LogP contribution in [0.25, 0.3) is 5.65 Å². The van der Waals surface area contributed by atoms with Gasteiger partial charge in [-0.1, -0.05) is 12.1 Å². The lowest BCUT2D eigenvalue weighted by atomic mass is 10.2. The van der Waals surface area contributed by atoms with E-state index in [1.165, 1.54) is 0 Å². The molecule has 2 aromatic heterocycles. The van der Waals surface area contributed by atoms with Crippen LogP contribution in [0, 0.1) is 6.92 Å². The molecule has 3 heterocycles. The van der Waals surface area contributed by atoms with Gasteiger partial charge in [0.05, 0.1) is 11.5 Å². The lowest BCUT2D eigenvalue weighted by Crippen LogP contribution is -2.47. The van der Waals surface area contributed by atoms with E-state index in [9.17, 15) is 8.42 Å². The number of hydrogen-bond acceptors (Lipinski definition) is 8. The first-order chi connectivity index (χ1) is 15.0. The third-order valence-electron chi connectivity index (χ3n) is 5.37. The fraction of sp³-hybridized carbons (Fsp3) is 0.450. The van der Waals surface area contributed by atoms with Crippen LogP contribution in [0.4, 0.5) is 5.82 Å². The Morgan fingerprint density at radius 1 is 1.10 bits per heavy atom. The van der Waals surface area contributed by atoms with Crippen molar-refractivity contribution in [3.8, 4) is 0 Å². The van der Waals surface area contributed by atoms with Gasteiger partial charge in [0.25, 0.3) is 0 Å². The Morgan fingerprint density at radius 3 is 2.65 bits per heavy atom. The molecule has 31 heavy (non-hydrogen) atoms. The number of aryl methyl sites for hydroxylation is 1. The molecule has 166 valence electrons. The van der Waals surface area contributed by atoms with E-state index in [1.54, 1.807) is 22.7 Å². The van der Waals surface area contributed by atoms with Crippen LogP contribution in [0.3, 0.4) is 0 Å². The van der Waals surface area contributed by atoms with E-state index in [-0.39, 0.29) is 18.0 Å². The van der Waals surface area contributed by atoms with Crippen LogP contribution in [-0.4, -0.2) is 84.1 Å². The van der Waals surface area contributed by atoms with Gasteiger partial charge in [0, 0.05) is 45.7 Å². The van der Waals surface area contributed by atoms with Crippen LogP contribution in [0.1, 0.15) is 11.4 Å². The van der Waals surface area contributed by atoms with Crippen LogP contribution in [-0.2, 0) is 16.4 Å². The highest BCUT2D eigenvalue weighted by atomic mass is 32.2. The number of rotatable bonds is 8. The molecule has 0 atom stereocenters. The van der Waals surface area contributed by atoms with Crippen molar-refractivity contribution < 1.29 is 13.5 Å². The summed E-state index contributed by atoms with van der Waals surface area (Å²) in [4.78, 5) is 4.66. The molecule has 10 nitrogen and oxygen atoms in total. The van der Waals surface area contributed by atoms with Crippen LogP contribution >= 0.6 is 0 Å². The zero-order chi connectivity index (χ0) is 21.8. The molecule has 3 aromatic rings. The van der Waals surface area contributed by atoms with Crippen molar-refractivity contribution in [1.82, 2.24) is 29.4 Å². The third kappa shape index (κ3) is 5.01. The second-order valence-corrected chi connectivity index (χ2v) is 9.36. The van der Waals surface area contributed by atoms with Crippen molar-refractivity contribution >= 4 is 21.5 Å². The number of benzene rings is 1.